The first-order valence-corrected chi connectivity index (χ1v) is 9.52. The first-order chi connectivity index (χ1) is 13.5. The lowest BCUT2D eigenvalue weighted by Crippen LogP contribution is -2.22. The molecule has 0 atom stereocenters. The molecule has 1 aromatic heterocycles. The number of furan rings is 1. The fourth-order valence-electron chi connectivity index (χ4n) is 3.29. The predicted molar refractivity (Wildman–Crippen MR) is 114 cm³/mol. The molecule has 0 aliphatic carbocycles. The topological polar surface area (TPSA) is 42.2 Å². The minimum atomic E-state index is -0.246. The van der Waals surface area contributed by atoms with Crippen LogP contribution in [0.3, 0.4) is 0 Å². The number of carbonyl (C=O) groups is 1. The smallest absolute Gasteiger partial charge is 0.287 e. The van der Waals surface area contributed by atoms with Crippen molar-refractivity contribution < 1.29 is 9.21 Å². The van der Waals surface area contributed by atoms with Crippen LogP contribution < -0.4 is 5.32 Å². The van der Waals surface area contributed by atoms with Gasteiger partial charge in [0.1, 0.15) is 5.58 Å². The Kier molecular flexibility index (Phi) is 4.93. The van der Waals surface area contributed by atoms with Gasteiger partial charge in [-0.2, -0.15) is 0 Å². The number of amides is 1. The second-order valence-corrected chi connectivity index (χ2v) is 7.42. The van der Waals surface area contributed by atoms with E-state index in [-0.39, 0.29) is 5.91 Å². The van der Waals surface area contributed by atoms with E-state index in [0.29, 0.717) is 22.9 Å². The molecule has 4 heteroatoms. The van der Waals surface area contributed by atoms with Gasteiger partial charge in [-0.05, 0) is 49.2 Å². The molecule has 3 aromatic carbocycles. The molecule has 0 saturated heterocycles. The molecule has 3 nitrogen and oxygen atoms in total. The quantitative estimate of drug-likeness (QED) is 0.445. The molecule has 140 valence electrons. The summed E-state index contributed by atoms with van der Waals surface area (Å²) >= 11 is 6.03. The maximum absolute atomic E-state index is 13.0. The van der Waals surface area contributed by atoms with Gasteiger partial charge in [0.25, 0.3) is 5.91 Å². The Morgan fingerprint density at radius 2 is 1.71 bits per heavy atom. The van der Waals surface area contributed by atoms with Crippen molar-refractivity contribution in [3.05, 3.63) is 94.2 Å². The molecule has 0 spiro atoms. The summed E-state index contributed by atoms with van der Waals surface area (Å²) in [6.45, 7) is 4.45. The lowest BCUT2D eigenvalue weighted by atomic mass is 9.99. The Bertz CT molecular complexity index is 1160. The Morgan fingerprint density at radius 1 is 0.964 bits per heavy atom. The van der Waals surface area contributed by atoms with Crippen molar-refractivity contribution in [2.75, 3.05) is 0 Å². The standard InChI is InChI=1S/C24H20ClNO2/c1-15-6-9-18(10-7-15)22-20-12-16(2)8-11-21(20)28-23(22)24(27)26-14-17-4-3-5-19(25)13-17/h3-13H,14H2,1-2H3,(H,26,27). The summed E-state index contributed by atoms with van der Waals surface area (Å²) in [4.78, 5) is 13.0. The summed E-state index contributed by atoms with van der Waals surface area (Å²) in [6.07, 6.45) is 0. The fourth-order valence-corrected chi connectivity index (χ4v) is 3.50. The average Bonchev–Trinajstić information content (AvgIpc) is 3.05. The van der Waals surface area contributed by atoms with E-state index in [2.05, 4.69) is 11.4 Å². The van der Waals surface area contributed by atoms with Gasteiger partial charge in [-0.15, -0.1) is 0 Å². The second-order valence-electron chi connectivity index (χ2n) is 6.98. The normalized spacial score (nSPS) is 11.0. The Morgan fingerprint density at radius 3 is 2.46 bits per heavy atom. The predicted octanol–water partition coefficient (Wildman–Crippen LogP) is 6.30. The van der Waals surface area contributed by atoms with Crippen molar-refractivity contribution in [2.45, 2.75) is 20.4 Å². The SMILES string of the molecule is Cc1ccc(-c2c(C(=O)NCc3cccc(Cl)c3)oc3ccc(C)cc23)cc1. The van der Waals surface area contributed by atoms with Gasteiger partial charge in [0.15, 0.2) is 0 Å². The van der Waals surface area contributed by atoms with E-state index in [1.54, 1.807) is 0 Å². The number of rotatable bonds is 4. The highest BCUT2D eigenvalue weighted by atomic mass is 35.5. The van der Waals surface area contributed by atoms with Crippen molar-refractivity contribution in [1.82, 2.24) is 5.32 Å². The number of halogens is 1. The van der Waals surface area contributed by atoms with Crippen LogP contribution in [0.4, 0.5) is 0 Å². The van der Waals surface area contributed by atoms with Gasteiger partial charge < -0.3 is 9.73 Å². The second kappa shape index (κ2) is 7.53. The third kappa shape index (κ3) is 3.67. The average molecular weight is 390 g/mol. The van der Waals surface area contributed by atoms with Crippen molar-refractivity contribution >= 4 is 28.5 Å². The fraction of sp³-hybridized carbons (Fsp3) is 0.125. The number of benzene rings is 3. The van der Waals surface area contributed by atoms with Crippen LogP contribution >= 0.6 is 11.6 Å². The van der Waals surface area contributed by atoms with E-state index in [9.17, 15) is 4.79 Å². The molecule has 1 heterocycles. The van der Waals surface area contributed by atoms with E-state index >= 15 is 0 Å². The molecule has 4 rings (SSSR count). The van der Waals surface area contributed by atoms with Gasteiger partial charge in [-0.1, -0.05) is 65.2 Å². The summed E-state index contributed by atoms with van der Waals surface area (Å²) in [5.74, 6) is 0.0795. The lowest BCUT2D eigenvalue weighted by molar-refractivity contribution is 0.0926. The Labute approximate surface area is 168 Å². The molecule has 0 aliphatic rings. The highest BCUT2D eigenvalue weighted by Gasteiger charge is 2.22. The van der Waals surface area contributed by atoms with E-state index in [4.69, 9.17) is 16.0 Å². The van der Waals surface area contributed by atoms with Gasteiger partial charge in [0.05, 0.1) is 0 Å². The van der Waals surface area contributed by atoms with Crippen molar-refractivity contribution in [2.24, 2.45) is 0 Å². The molecule has 0 radical (unpaired) electrons. The van der Waals surface area contributed by atoms with Crippen LogP contribution in [0.2, 0.25) is 5.02 Å². The van der Waals surface area contributed by atoms with Crippen molar-refractivity contribution in [3.8, 4) is 11.1 Å². The monoisotopic (exact) mass is 389 g/mol. The number of nitrogens with one attached hydrogen (secondary N) is 1. The summed E-state index contributed by atoms with van der Waals surface area (Å²) in [5, 5.41) is 4.53. The molecule has 4 aromatic rings. The van der Waals surface area contributed by atoms with Crippen LogP contribution in [0.1, 0.15) is 27.2 Å². The van der Waals surface area contributed by atoms with E-state index < -0.39 is 0 Å². The van der Waals surface area contributed by atoms with E-state index in [0.717, 1.165) is 27.6 Å². The first kappa shape index (κ1) is 18.3. The lowest BCUT2D eigenvalue weighted by Gasteiger charge is -2.07. The zero-order valence-electron chi connectivity index (χ0n) is 15.8. The Hall–Kier alpha value is -3.04. The van der Waals surface area contributed by atoms with Crippen molar-refractivity contribution in [3.63, 3.8) is 0 Å². The number of hydrogen-bond acceptors (Lipinski definition) is 2. The van der Waals surface area contributed by atoms with Crippen LogP contribution in [0.25, 0.3) is 22.1 Å². The van der Waals surface area contributed by atoms with Crippen LogP contribution in [0.15, 0.2) is 71.1 Å². The van der Waals surface area contributed by atoms with E-state index in [1.165, 1.54) is 5.56 Å². The molecule has 0 fully saturated rings. The largest absolute Gasteiger partial charge is 0.450 e. The maximum atomic E-state index is 13.0. The number of hydrogen-bond donors (Lipinski definition) is 1. The highest BCUT2D eigenvalue weighted by molar-refractivity contribution is 6.30. The van der Waals surface area contributed by atoms with Crippen LogP contribution in [-0.4, -0.2) is 5.91 Å². The molecule has 0 saturated carbocycles. The third-order valence-electron chi connectivity index (χ3n) is 4.73. The van der Waals surface area contributed by atoms with Gasteiger partial charge in [-0.3, -0.25) is 4.79 Å². The van der Waals surface area contributed by atoms with Crippen LogP contribution in [0, 0.1) is 13.8 Å². The maximum Gasteiger partial charge on any atom is 0.287 e. The van der Waals surface area contributed by atoms with Gasteiger partial charge in [0.2, 0.25) is 5.76 Å². The summed E-state index contributed by atoms with van der Waals surface area (Å²) in [5.41, 5.74) is 5.70. The molecule has 28 heavy (non-hydrogen) atoms. The molecule has 1 N–H and O–H groups in total. The third-order valence-corrected chi connectivity index (χ3v) is 4.97. The molecular formula is C24H20ClNO2. The molecule has 1 amide bonds. The minimum absolute atomic E-state index is 0.246. The van der Waals surface area contributed by atoms with Crippen LogP contribution in [0.5, 0.6) is 0 Å². The molecular weight excluding hydrogens is 370 g/mol. The number of aryl methyl sites for hydroxylation is 2. The zero-order chi connectivity index (χ0) is 19.7. The highest BCUT2D eigenvalue weighted by Crippen LogP contribution is 2.35. The minimum Gasteiger partial charge on any atom is -0.450 e. The number of carbonyl (C=O) groups excluding carboxylic acids is 1. The molecule has 0 aliphatic heterocycles. The van der Waals surface area contributed by atoms with Gasteiger partial charge in [0, 0.05) is 22.5 Å². The van der Waals surface area contributed by atoms with Crippen molar-refractivity contribution in [1.29, 1.82) is 0 Å². The van der Waals surface area contributed by atoms with Gasteiger partial charge >= 0.3 is 0 Å². The van der Waals surface area contributed by atoms with Gasteiger partial charge in [-0.25, -0.2) is 0 Å². The van der Waals surface area contributed by atoms with Crippen LogP contribution in [-0.2, 0) is 6.54 Å². The van der Waals surface area contributed by atoms with E-state index in [1.807, 2.05) is 74.5 Å². The summed E-state index contributed by atoms with van der Waals surface area (Å²) < 4.78 is 5.97. The summed E-state index contributed by atoms with van der Waals surface area (Å²) in [6, 6.07) is 21.5. The number of fused-ring (bicyclic) bond motifs is 1. The Balaban J connectivity index is 1.74. The molecule has 0 unspecified atom stereocenters. The summed E-state index contributed by atoms with van der Waals surface area (Å²) in [7, 11) is 0. The zero-order valence-corrected chi connectivity index (χ0v) is 16.5. The molecule has 0 bridgehead atoms. The first-order valence-electron chi connectivity index (χ1n) is 9.14.